The summed E-state index contributed by atoms with van der Waals surface area (Å²) < 4.78 is 1.70. The van der Waals surface area contributed by atoms with Gasteiger partial charge in [0.2, 0.25) is 0 Å². The van der Waals surface area contributed by atoms with Crippen LogP contribution in [-0.4, -0.2) is 40.1 Å². The topological polar surface area (TPSA) is 110 Å². The number of anilines is 1. The number of aryl methyl sites for hydroxylation is 1. The number of hydrogen-bond acceptors (Lipinski definition) is 7. The van der Waals surface area contributed by atoms with Crippen LogP contribution in [0.3, 0.4) is 0 Å². The van der Waals surface area contributed by atoms with Gasteiger partial charge in [0.15, 0.2) is 22.8 Å². The van der Waals surface area contributed by atoms with Crippen LogP contribution in [0.5, 0.6) is 0 Å². The first-order valence-corrected chi connectivity index (χ1v) is 8.40. The maximum Gasteiger partial charge on any atom is 0.188 e. The Morgan fingerprint density at radius 3 is 2.62 bits per heavy atom. The number of benzene rings is 1. The Balaban J connectivity index is 1.74. The predicted octanol–water partition coefficient (Wildman–Crippen LogP) is 2.45. The summed E-state index contributed by atoms with van der Waals surface area (Å²) in [6.07, 6.45) is 1.51. The molecule has 0 aliphatic rings. The molecule has 26 heavy (non-hydrogen) atoms. The third-order valence-corrected chi connectivity index (χ3v) is 4.09. The minimum Gasteiger partial charge on any atom is -0.358 e. The van der Waals surface area contributed by atoms with Gasteiger partial charge in [0.25, 0.3) is 0 Å². The van der Waals surface area contributed by atoms with Crippen molar-refractivity contribution in [1.82, 2.24) is 40.1 Å². The Bertz CT molecular complexity index is 1020. The highest BCUT2D eigenvalue weighted by Gasteiger charge is 2.23. The highest BCUT2D eigenvalue weighted by atomic mass is 15.4. The molecule has 0 bridgehead atoms. The normalized spacial score (nSPS) is 12.6. The maximum absolute atomic E-state index is 4.45. The fraction of sp³-hybridized carbons (Fsp3) is 0.294. The van der Waals surface area contributed by atoms with Crippen molar-refractivity contribution in [2.75, 3.05) is 5.32 Å². The molecule has 2 N–H and O–H groups in total. The molecule has 0 saturated heterocycles. The molecule has 4 rings (SSSR count). The van der Waals surface area contributed by atoms with E-state index in [1.54, 1.807) is 4.68 Å². The summed E-state index contributed by atoms with van der Waals surface area (Å²) in [4.78, 5) is 13.2. The summed E-state index contributed by atoms with van der Waals surface area (Å²) in [5.41, 5.74) is 2.14. The third-order valence-electron chi connectivity index (χ3n) is 4.09. The molecular formula is C17H19N9. The van der Waals surface area contributed by atoms with Gasteiger partial charge in [-0.15, -0.1) is 5.10 Å². The molecule has 1 atom stereocenters. The number of aromatic nitrogens is 8. The maximum atomic E-state index is 4.45. The van der Waals surface area contributed by atoms with Crippen molar-refractivity contribution in [3.63, 3.8) is 0 Å². The van der Waals surface area contributed by atoms with Gasteiger partial charge in [0.05, 0.1) is 11.7 Å². The molecule has 3 aromatic heterocycles. The van der Waals surface area contributed by atoms with Crippen molar-refractivity contribution in [2.45, 2.75) is 26.8 Å². The number of rotatable bonds is 5. The SMILES string of the molecule is Cc1nc([C@H](Nc2ncnc3c2nnn3-c2ccccc2)C(C)C)n[nH]1. The molecule has 0 radical (unpaired) electrons. The lowest BCUT2D eigenvalue weighted by molar-refractivity contribution is 0.522. The number of para-hydroxylation sites is 1. The lowest BCUT2D eigenvalue weighted by Crippen LogP contribution is -2.19. The molecule has 0 amide bonds. The monoisotopic (exact) mass is 349 g/mol. The summed E-state index contributed by atoms with van der Waals surface area (Å²) in [5, 5.41) is 19.1. The first kappa shape index (κ1) is 16.1. The van der Waals surface area contributed by atoms with E-state index in [0.717, 1.165) is 11.5 Å². The summed E-state index contributed by atoms with van der Waals surface area (Å²) in [6, 6.07) is 9.65. The van der Waals surface area contributed by atoms with E-state index in [1.165, 1.54) is 6.33 Å². The molecule has 0 aliphatic heterocycles. The molecule has 4 aromatic rings. The number of H-pyrrole nitrogens is 1. The fourth-order valence-electron chi connectivity index (χ4n) is 2.77. The van der Waals surface area contributed by atoms with Gasteiger partial charge in [-0.25, -0.2) is 15.0 Å². The van der Waals surface area contributed by atoms with Gasteiger partial charge in [-0.1, -0.05) is 37.3 Å². The van der Waals surface area contributed by atoms with Gasteiger partial charge in [0.1, 0.15) is 12.2 Å². The summed E-state index contributed by atoms with van der Waals surface area (Å²) in [7, 11) is 0. The van der Waals surface area contributed by atoms with Gasteiger partial charge in [-0.3, -0.25) is 5.10 Å². The standard InChI is InChI=1S/C17H19N9/c1-10(2)13(16-20-11(3)22-24-16)21-15-14-17(19-9-18-15)26(25-23-14)12-7-5-4-6-8-12/h4-10,13H,1-3H3,(H,18,19,21)(H,20,22,24)/t13-/m1/s1. The van der Waals surface area contributed by atoms with E-state index in [0.29, 0.717) is 22.8 Å². The number of nitrogens with zero attached hydrogens (tertiary/aromatic N) is 7. The van der Waals surface area contributed by atoms with Crippen molar-refractivity contribution in [1.29, 1.82) is 0 Å². The van der Waals surface area contributed by atoms with E-state index < -0.39 is 0 Å². The number of nitrogens with one attached hydrogen (secondary N) is 2. The van der Waals surface area contributed by atoms with E-state index >= 15 is 0 Å². The molecule has 3 heterocycles. The third kappa shape index (κ3) is 2.87. The molecule has 9 heteroatoms. The molecule has 0 unspecified atom stereocenters. The average Bonchev–Trinajstić information content (AvgIpc) is 3.26. The first-order valence-electron chi connectivity index (χ1n) is 8.40. The second-order valence-electron chi connectivity index (χ2n) is 6.38. The van der Waals surface area contributed by atoms with Crippen molar-refractivity contribution in [3.05, 3.63) is 48.3 Å². The van der Waals surface area contributed by atoms with Crippen LogP contribution >= 0.6 is 0 Å². The zero-order valence-electron chi connectivity index (χ0n) is 14.7. The Morgan fingerprint density at radius 2 is 1.92 bits per heavy atom. The number of fused-ring (bicyclic) bond motifs is 1. The highest BCUT2D eigenvalue weighted by molar-refractivity contribution is 5.83. The number of hydrogen-bond donors (Lipinski definition) is 2. The Hall–Kier alpha value is -3.36. The minimum absolute atomic E-state index is 0.111. The van der Waals surface area contributed by atoms with Gasteiger partial charge >= 0.3 is 0 Å². The van der Waals surface area contributed by atoms with Crippen molar-refractivity contribution in [3.8, 4) is 5.69 Å². The van der Waals surface area contributed by atoms with E-state index in [9.17, 15) is 0 Å². The zero-order valence-corrected chi connectivity index (χ0v) is 14.7. The zero-order chi connectivity index (χ0) is 18.1. The van der Waals surface area contributed by atoms with Crippen molar-refractivity contribution < 1.29 is 0 Å². The van der Waals surface area contributed by atoms with Crippen molar-refractivity contribution >= 4 is 17.0 Å². The average molecular weight is 349 g/mol. The van der Waals surface area contributed by atoms with Crippen molar-refractivity contribution in [2.24, 2.45) is 5.92 Å². The quantitative estimate of drug-likeness (QED) is 0.569. The van der Waals surface area contributed by atoms with Crippen LogP contribution in [0, 0.1) is 12.8 Å². The van der Waals surface area contributed by atoms with Crippen LogP contribution in [0.15, 0.2) is 36.7 Å². The summed E-state index contributed by atoms with van der Waals surface area (Å²) in [5.74, 6) is 2.33. The lowest BCUT2D eigenvalue weighted by atomic mass is 10.0. The van der Waals surface area contributed by atoms with E-state index in [2.05, 4.69) is 54.6 Å². The Kier molecular flexibility index (Phi) is 4.04. The van der Waals surface area contributed by atoms with Crippen LogP contribution in [0.1, 0.15) is 31.5 Å². The molecule has 0 aliphatic carbocycles. The van der Waals surface area contributed by atoms with Gasteiger partial charge in [0, 0.05) is 0 Å². The van der Waals surface area contributed by atoms with Gasteiger partial charge in [-0.2, -0.15) is 9.78 Å². The van der Waals surface area contributed by atoms with Gasteiger partial charge < -0.3 is 5.32 Å². The van der Waals surface area contributed by atoms with Crippen LogP contribution in [0.4, 0.5) is 5.82 Å². The lowest BCUT2D eigenvalue weighted by Gasteiger charge is -2.19. The summed E-state index contributed by atoms with van der Waals surface area (Å²) >= 11 is 0. The molecule has 0 fully saturated rings. The highest BCUT2D eigenvalue weighted by Crippen LogP contribution is 2.26. The largest absolute Gasteiger partial charge is 0.358 e. The second kappa shape index (κ2) is 6.51. The Labute approximate surface area is 149 Å². The summed E-state index contributed by atoms with van der Waals surface area (Å²) in [6.45, 7) is 6.08. The van der Waals surface area contributed by atoms with Crippen LogP contribution in [-0.2, 0) is 0 Å². The molecular weight excluding hydrogens is 330 g/mol. The molecule has 9 nitrogen and oxygen atoms in total. The molecule has 132 valence electrons. The smallest absolute Gasteiger partial charge is 0.188 e. The molecule has 0 saturated carbocycles. The van der Waals surface area contributed by atoms with Crippen LogP contribution < -0.4 is 5.32 Å². The second-order valence-corrected chi connectivity index (χ2v) is 6.38. The van der Waals surface area contributed by atoms with E-state index in [4.69, 9.17) is 0 Å². The first-order chi connectivity index (χ1) is 12.6. The fourth-order valence-corrected chi connectivity index (χ4v) is 2.77. The minimum atomic E-state index is -0.111. The number of aromatic amines is 1. The Morgan fingerprint density at radius 1 is 1.12 bits per heavy atom. The van der Waals surface area contributed by atoms with Crippen LogP contribution in [0.25, 0.3) is 16.9 Å². The molecule has 1 aromatic carbocycles. The predicted molar refractivity (Wildman–Crippen MR) is 96.8 cm³/mol. The van der Waals surface area contributed by atoms with Crippen LogP contribution in [0.2, 0.25) is 0 Å². The van der Waals surface area contributed by atoms with E-state index in [1.807, 2.05) is 37.3 Å². The van der Waals surface area contributed by atoms with Gasteiger partial charge in [-0.05, 0) is 25.0 Å². The van der Waals surface area contributed by atoms with E-state index in [-0.39, 0.29) is 12.0 Å². The molecule has 0 spiro atoms.